The molecule has 0 fully saturated rings. The molecule has 0 bridgehead atoms. The molecule has 1 aromatic rings. The number of anilines is 2. The standard InChI is InChI=1S/C12H19N5O2/c1-7(2)16-10(18)6-17(3)12-9(11(14)19)4-8(13)5-15-12/h4-5,7H,6,13H2,1-3H3,(H2,14,19)(H,16,18). The van der Waals surface area contributed by atoms with E-state index in [1.165, 1.54) is 12.3 Å². The number of hydrogen-bond donors (Lipinski definition) is 3. The van der Waals surface area contributed by atoms with Crippen LogP contribution in [0.2, 0.25) is 0 Å². The van der Waals surface area contributed by atoms with Crippen LogP contribution in [0.4, 0.5) is 11.5 Å². The Morgan fingerprint density at radius 1 is 1.47 bits per heavy atom. The number of likely N-dealkylation sites (N-methyl/N-ethyl adjacent to an activating group) is 1. The summed E-state index contributed by atoms with van der Waals surface area (Å²) in [7, 11) is 1.66. The quantitative estimate of drug-likeness (QED) is 0.677. The zero-order valence-corrected chi connectivity index (χ0v) is 11.3. The van der Waals surface area contributed by atoms with E-state index in [1.54, 1.807) is 11.9 Å². The normalized spacial score (nSPS) is 10.3. The van der Waals surface area contributed by atoms with E-state index in [-0.39, 0.29) is 24.1 Å². The van der Waals surface area contributed by atoms with Crippen molar-refractivity contribution in [3.8, 4) is 0 Å². The maximum absolute atomic E-state index is 11.7. The fourth-order valence-electron chi connectivity index (χ4n) is 1.62. The minimum atomic E-state index is -0.633. The number of carbonyl (C=O) groups is 2. The Morgan fingerprint density at radius 3 is 2.63 bits per heavy atom. The van der Waals surface area contributed by atoms with Crippen molar-refractivity contribution in [1.29, 1.82) is 0 Å². The van der Waals surface area contributed by atoms with Crippen molar-refractivity contribution in [3.05, 3.63) is 17.8 Å². The Bertz CT molecular complexity index is 487. The lowest BCUT2D eigenvalue weighted by molar-refractivity contribution is -0.120. The first-order valence-electron chi connectivity index (χ1n) is 5.87. The maximum Gasteiger partial charge on any atom is 0.252 e. The molecule has 0 aliphatic heterocycles. The van der Waals surface area contributed by atoms with Crippen LogP contribution in [0, 0.1) is 0 Å². The van der Waals surface area contributed by atoms with Crippen LogP contribution < -0.4 is 21.7 Å². The highest BCUT2D eigenvalue weighted by Crippen LogP contribution is 2.18. The highest BCUT2D eigenvalue weighted by molar-refractivity contribution is 5.99. The number of rotatable bonds is 5. The van der Waals surface area contributed by atoms with Gasteiger partial charge in [0.05, 0.1) is 24.0 Å². The van der Waals surface area contributed by atoms with E-state index >= 15 is 0 Å². The van der Waals surface area contributed by atoms with Gasteiger partial charge in [0.1, 0.15) is 5.82 Å². The molecule has 2 amide bonds. The van der Waals surface area contributed by atoms with Crippen molar-refractivity contribution < 1.29 is 9.59 Å². The summed E-state index contributed by atoms with van der Waals surface area (Å²) >= 11 is 0. The van der Waals surface area contributed by atoms with Gasteiger partial charge in [-0.05, 0) is 19.9 Å². The molecule has 0 saturated carbocycles. The van der Waals surface area contributed by atoms with Gasteiger partial charge in [-0.2, -0.15) is 0 Å². The number of amides is 2. The minimum absolute atomic E-state index is 0.0517. The zero-order valence-electron chi connectivity index (χ0n) is 11.3. The van der Waals surface area contributed by atoms with Crippen LogP contribution in [0.1, 0.15) is 24.2 Å². The van der Waals surface area contributed by atoms with Crippen LogP contribution in [0.5, 0.6) is 0 Å². The summed E-state index contributed by atoms with van der Waals surface area (Å²) in [6, 6.07) is 1.50. The largest absolute Gasteiger partial charge is 0.397 e. The summed E-state index contributed by atoms with van der Waals surface area (Å²) in [4.78, 5) is 28.6. The highest BCUT2D eigenvalue weighted by atomic mass is 16.2. The van der Waals surface area contributed by atoms with Gasteiger partial charge in [-0.15, -0.1) is 0 Å². The van der Waals surface area contributed by atoms with Gasteiger partial charge >= 0.3 is 0 Å². The molecule has 1 rings (SSSR count). The molecule has 0 aliphatic rings. The smallest absolute Gasteiger partial charge is 0.252 e. The van der Waals surface area contributed by atoms with Gasteiger partial charge < -0.3 is 21.7 Å². The average Bonchev–Trinajstić information content (AvgIpc) is 2.27. The Hall–Kier alpha value is -2.31. The van der Waals surface area contributed by atoms with Crippen molar-refractivity contribution in [2.45, 2.75) is 19.9 Å². The molecule has 7 nitrogen and oxygen atoms in total. The molecule has 0 saturated heterocycles. The average molecular weight is 265 g/mol. The highest BCUT2D eigenvalue weighted by Gasteiger charge is 2.16. The van der Waals surface area contributed by atoms with Crippen LogP contribution >= 0.6 is 0 Å². The second-order valence-corrected chi connectivity index (χ2v) is 4.58. The van der Waals surface area contributed by atoms with Crippen molar-refractivity contribution in [2.75, 3.05) is 24.2 Å². The number of nitrogens with zero attached hydrogens (tertiary/aromatic N) is 2. The molecule has 0 spiro atoms. The third kappa shape index (κ3) is 4.13. The molecule has 0 aliphatic carbocycles. The third-order valence-electron chi connectivity index (χ3n) is 2.35. The first kappa shape index (κ1) is 14.7. The van der Waals surface area contributed by atoms with Crippen LogP contribution in [-0.2, 0) is 4.79 Å². The number of aromatic nitrogens is 1. The molecular weight excluding hydrogens is 246 g/mol. The Morgan fingerprint density at radius 2 is 2.11 bits per heavy atom. The topological polar surface area (TPSA) is 114 Å². The van der Waals surface area contributed by atoms with Crippen molar-refractivity contribution in [1.82, 2.24) is 10.3 Å². The van der Waals surface area contributed by atoms with E-state index in [9.17, 15) is 9.59 Å². The van der Waals surface area contributed by atoms with Gasteiger partial charge in [0.25, 0.3) is 5.91 Å². The number of carbonyl (C=O) groups excluding carboxylic acids is 2. The van der Waals surface area contributed by atoms with Crippen LogP contribution in [0.15, 0.2) is 12.3 Å². The number of primary amides is 1. The summed E-state index contributed by atoms with van der Waals surface area (Å²) < 4.78 is 0. The monoisotopic (exact) mass is 265 g/mol. The van der Waals surface area contributed by atoms with Crippen molar-refractivity contribution in [2.24, 2.45) is 5.73 Å². The molecule has 0 aromatic carbocycles. The van der Waals surface area contributed by atoms with Gasteiger partial charge in [-0.3, -0.25) is 9.59 Å². The SMILES string of the molecule is CC(C)NC(=O)CN(C)c1ncc(N)cc1C(N)=O. The molecule has 0 unspecified atom stereocenters. The molecule has 19 heavy (non-hydrogen) atoms. The van der Waals surface area contributed by atoms with Gasteiger partial charge in [-0.1, -0.05) is 0 Å². The van der Waals surface area contributed by atoms with E-state index in [4.69, 9.17) is 11.5 Å². The van der Waals surface area contributed by atoms with Gasteiger partial charge in [-0.25, -0.2) is 4.98 Å². The molecule has 1 aromatic heterocycles. The maximum atomic E-state index is 11.7. The molecule has 7 heteroatoms. The summed E-state index contributed by atoms with van der Waals surface area (Å²) in [5.41, 5.74) is 11.4. The van der Waals surface area contributed by atoms with Crippen LogP contribution in [0.3, 0.4) is 0 Å². The number of nitrogens with one attached hydrogen (secondary N) is 1. The number of pyridine rings is 1. The molecule has 0 atom stereocenters. The van der Waals surface area contributed by atoms with Crippen molar-refractivity contribution in [3.63, 3.8) is 0 Å². The first-order valence-corrected chi connectivity index (χ1v) is 5.87. The van der Waals surface area contributed by atoms with E-state index in [1.807, 2.05) is 13.8 Å². The summed E-state index contributed by atoms with van der Waals surface area (Å²) in [6.45, 7) is 3.82. The molecule has 5 N–H and O–H groups in total. The molecular formula is C12H19N5O2. The first-order chi connectivity index (χ1) is 8.81. The second-order valence-electron chi connectivity index (χ2n) is 4.58. The van der Waals surface area contributed by atoms with E-state index in [2.05, 4.69) is 10.3 Å². The fraction of sp³-hybridized carbons (Fsp3) is 0.417. The lowest BCUT2D eigenvalue weighted by Crippen LogP contribution is -2.39. The lowest BCUT2D eigenvalue weighted by Gasteiger charge is -2.20. The van der Waals surface area contributed by atoms with Gasteiger partial charge in [0, 0.05) is 13.1 Å². The number of nitrogen functional groups attached to an aromatic ring is 1. The number of nitrogens with two attached hydrogens (primary N) is 2. The minimum Gasteiger partial charge on any atom is -0.397 e. The van der Waals surface area contributed by atoms with E-state index < -0.39 is 5.91 Å². The zero-order chi connectivity index (χ0) is 14.6. The number of hydrogen-bond acceptors (Lipinski definition) is 5. The molecule has 104 valence electrons. The van der Waals surface area contributed by atoms with E-state index in [0.717, 1.165) is 0 Å². The van der Waals surface area contributed by atoms with E-state index in [0.29, 0.717) is 11.5 Å². The molecule has 1 heterocycles. The lowest BCUT2D eigenvalue weighted by atomic mass is 10.2. The Labute approximate surface area is 112 Å². The van der Waals surface area contributed by atoms with Gasteiger partial charge in [0.2, 0.25) is 5.91 Å². The summed E-state index contributed by atoms with van der Waals surface area (Å²) in [6.07, 6.45) is 1.42. The van der Waals surface area contributed by atoms with Crippen molar-refractivity contribution >= 4 is 23.3 Å². The predicted octanol–water partition coefficient (Wildman–Crippen LogP) is -0.276. The fourth-order valence-corrected chi connectivity index (χ4v) is 1.62. The molecule has 0 radical (unpaired) electrons. The van der Waals surface area contributed by atoms with Gasteiger partial charge in [0.15, 0.2) is 0 Å². The third-order valence-corrected chi connectivity index (χ3v) is 2.35. The predicted molar refractivity (Wildman–Crippen MR) is 73.7 cm³/mol. The van der Waals surface area contributed by atoms with Crippen LogP contribution in [0.25, 0.3) is 0 Å². The van der Waals surface area contributed by atoms with Crippen LogP contribution in [-0.4, -0.2) is 36.4 Å². The summed E-state index contributed by atoms with van der Waals surface area (Å²) in [5, 5.41) is 2.75. The Balaban J connectivity index is 2.90. The summed E-state index contributed by atoms with van der Waals surface area (Å²) in [5.74, 6) is -0.460. The second kappa shape index (κ2) is 6.03. The Kier molecular flexibility index (Phi) is 4.68.